The molecule has 100 valence electrons. The fourth-order valence-corrected chi connectivity index (χ4v) is 1.36. The molecule has 6 nitrogen and oxygen atoms in total. The van der Waals surface area contributed by atoms with Gasteiger partial charge < -0.3 is 16.8 Å². The molecule has 0 unspecified atom stereocenters. The first kappa shape index (κ1) is 14.7. The van der Waals surface area contributed by atoms with E-state index in [9.17, 15) is 4.79 Å². The van der Waals surface area contributed by atoms with E-state index in [1.54, 1.807) is 6.08 Å². The van der Waals surface area contributed by atoms with Crippen LogP contribution in [0.2, 0.25) is 0 Å². The van der Waals surface area contributed by atoms with Gasteiger partial charge in [0.15, 0.2) is 0 Å². The van der Waals surface area contributed by atoms with Gasteiger partial charge in [-0.25, -0.2) is 4.99 Å². The lowest BCUT2D eigenvalue weighted by atomic mass is 10.2. The van der Waals surface area contributed by atoms with Gasteiger partial charge in [-0.3, -0.25) is 9.79 Å². The molecule has 0 fully saturated rings. The SMILES string of the molecule is CNCC#CCN=CC1=C(N)C=C(C=O)CC(N)=N1. The van der Waals surface area contributed by atoms with Gasteiger partial charge in [0, 0.05) is 12.0 Å². The van der Waals surface area contributed by atoms with Crippen molar-refractivity contribution in [3.63, 3.8) is 0 Å². The maximum atomic E-state index is 10.8. The minimum absolute atomic E-state index is 0.295. The van der Waals surface area contributed by atoms with Crippen molar-refractivity contribution in [2.45, 2.75) is 6.42 Å². The van der Waals surface area contributed by atoms with Crippen LogP contribution in [0.15, 0.2) is 33.0 Å². The van der Waals surface area contributed by atoms with E-state index in [4.69, 9.17) is 11.5 Å². The maximum Gasteiger partial charge on any atom is 0.146 e. The second kappa shape index (κ2) is 7.84. The molecule has 0 aliphatic carbocycles. The summed E-state index contributed by atoms with van der Waals surface area (Å²) in [6, 6.07) is 0. The summed E-state index contributed by atoms with van der Waals surface area (Å²) in [5, 5.41) is 2.91. The van der Waals surface area contributed by atoms with E-state index >= 15 is 0 Å². The van der Waals surface area contributed by atoms with Gasteiger partial charge in [-0.15, -0.1) is 0 Å². The second-order valence-corrected chi connectivity index (χ2v) is 3.81. The molecule has 5 N–H and O–H groups in total. The number of nitrogens with one attached hydrogen (secondary N) is 1. The maximum absolute atomic E-state index is 10.8. The van der Waals surface area contributed by atoms with Crippen LogP contribution in [0.3, 0.4) is 0 Å². The number of amidine groups is 1. The van der Waals surface area contributed by atoms with Crippen molar-refractivity contribution in [2.24, 2.45) is 21.5 Å². The smallest absolute Gasteiger partial charge is 0.146 e. The van der Waals surface area contributed by atoms with E-state index in [1.165, 1.54) is 6.21 Å². The molecule has 1 rings (SSSR count). The fraction of sp³-hybridized carbons (Fsp3) is 0.308. The number of hydrogen-bond acceptors (Lipinski definition) is 6. The summed E-state index contributed by atoms with van der Waals surface area (Å²) >= 11 is 0. The van der Waals surface area contributed by atoms with Crippen molar-refractivity contribution < 1.29 is 4.79 Å². The number of aliphatic imine (C=N–C) groups is 2. The lowest BCUT2D eigenvalue weighted by molar-refractivity contribution is -0.104. The number of hydrogen-bond donors (Lipinski definition) is 3. The number of nitrogens with two attached hydrogens (primary N) is 2. The lowest BCUT2D eigenvalue weighted by Crippen LogP contribution is -2.12. The summed E-state index contributed by atoms with van der Waals surface area (Å²) in [6.07, 6.45) is 4.09. The number of aldehydes is 1. The third-order valence-electron chi connectivity index (χ3n) is 2.21. The van der Waals surface area contributed by atoms with E-state index in [0.717, 1.165) is 6.29 Å². The summed E-state index contributed by atoms with van der Waals surface area (Å²) in [7, 11) is 1.82. The zero-order valence-electron chi connectivity index (χ0n) is 10.8. The van der Waals surface area contributed by atoms with Crippen LogP contribution in [-0.4, -0.2) is 38.5 Å². The molecule has 1 aliphatic heterocycles. The van der Waals surface area contributed by atoms with E-state index in [0.29, 0.717) is 42.3 Å². The van der Waals surface area contributed by atoms with Crippen molar-refractivity contribution in [3.05, 3.63) is 23.0 Å². The number of rotatable bonds is 4. The Kier molecular flexibility index (Phi) is 6.06. The van der Waals surface area contributed by atoms with Crippen LogP contribution in [0.4, 0.5) is 0 Å². The Morgan fingerprint density at radius 3 is 3.00 bits per heavy atom. The molecule has 0 bridgehead atoms. The highest BCUT2D eigenvalue weighted by Gasteiger charge is 2.08. The second-order valence-electron chi connectivity index (χ2n) is 3.81. The zero-order chi connectivity index (χ0) is 14.1. The van der Waals surface area contributed by atoms with Gasteiger partial charge in [0.2, 0.25) is 0 Å². The topological polar surface area (TPSA) is 106 Å². The van der Waals surface area contributed by atoms with Crippen molar-refractivity contribution in [3.8, 4) is 11.8 Å². The Morgan fingerprint density at radius 1 is 1.53 bits per heavy atom. The molecule has 0 aromatic carbocycles. The van der Waals surface area contributed by atoms with E-state index in [1.807, 2.05) is 7.05 Å². The highest BCUT2D eigenvalue weighted by atomic mass is 16.1. The third kappa shape index (κ3) is 5.19. The van der Waals surface area contributed by atoms with Crippen LogP contribution in [0.5, 0.6) is 0 Å². The van der Waals surface area contributed by atoms with Gasteiger partial charge in [-0.2, -0.15) is 0 Å². The average molecular weight is 259 g/mol. The Balaban J connectivity index is 2.78. The minimum atomic E-state index is 0.295. The molecule has 6 heteroatoms. The summed E-state index contributed by atoms with van der Waals surface area (Å²) in [6.45, 7) is 0.981. The van der Waals surface area contributed by atoms with Crippen LogP contribution in [0.25, 0.3) is 0 Å². The van der Waals surface area contributed by atoms with Crippen LogP contribution < -0.4 is 16.8 Å². The first-order valence-electron chi connectivity index (χ1n) is 5.76. The van der Waals surface area contributed by atoms with Crippen molar-refractivity contribution >= 4 is 18.3 Å². The molecule has 1 heterocycles. The van der Waals surface area contributed by atoms with Gasteiger partial charge in [0.05, 0.1) is 25.0 Å². The molecule has 0 saturated carbocycles. The van der Waals surface area contributed by atoms with Crippen LogP contribution in [0.1, 0.15) is 6.42 Å². The van der Waals surface area contributed by atoms with Crippen molar-refractivity contribution in [1.82, 2.24) is 5.32 Å². The standard InChI is InChI=1S/C13H17N5O/c1-16-4-2-3-5-17-8-12-11(14)6-10(9-19)7-13(15)18-12/h6,8-9,16H,4-5,7,14H2,1H3,(H2,15,18). The zero-order valence-corrected chi connectivity index (χ0v) is 10.8. The normalized spacial score (nSPS) is 15.4. The number of allylic oxidation sites excluding steroid dienone is 2. The van der Waals surface area contributed by atoms with E-state index in [2.05, 4.69) is 27.1 Å². The summed E-state index contributed by atoms with van der Waals surface area (Å²) in [5.74, 6) is 6.08. The summed E-state index contributed by atoms with van der Waals surface area (Å²) in [5.41, 5.74) is 12.8. The lowest BCUT2D eigenvalue weighted by Gasteiger charge is -1.96. The monoisotopic (exact) mass is 259 g/mol. The van der Waals surface area contributed by atoms with Crippen molar-refractivity contribution in [2.75, 3.05) is 20.1 Å². The number of carbonyl (C=O) groups excluding carboxylic acids is 1. The number of carbonyl (C=O) groups is 1. The van der Waals surface area contributed by atoms with Gasteiger partial charge in [0.1, 0.15) is 17.8 Å². The Bertz CT molecular complexity index is 517. The van der Waals surface area contributed by atoms with Gasteiger partial charge >= 0.3 is 0 Å². The predicted molar refractivity (Wildman–Crippen MR) is 76.7 cm³/mol. The van der Waals surface area contributed by atoms with Crippen molar-refractivity contribution in [1.29, 1.82) is 0 Å². The molecule has 0 saturated heterocycles. The van der Waals surface area contributed by atoms with Gasteiger partial charge in [-0.05, 0) is 13.1 Å². The highest BCUT2D eigenvalue weighted by Crippen LogP contribution is 2.11. The van der Waals surface area contributed by atoms with Crippen LogP contribution >= 0.6 is 0 Å². The fourth-order valence-electron chi connectivity index (χ4n) is 1.36. The first-order chi connectivity index (χ1) is 9.17. The summed E-state index contributed by atoms with van der Waals surface area (Å²) < 4.78 is 0. The Labute approximate surface area is 112 Å². The largest absolute Gasteiger partial charge is 0.397 e. The minimum Gasteiger partial charge on any atom is -0.397 e. The van der Waals surface area contributed by atoms with E-state index < -0.39 is 0 Å². The molecule has 1 aliphatic rings. The molecule has 0 spiro atoms. The van der Waals surface area contributed by atoms with Crippen LogP contribution in [0, 0.1) is 11.8 Å². The van der Waals surface area contributed by atoms with E-state index in [-0.39, 0.29) is 0 Å². The van der Waals surface area contributed by atoms with Crippen LogP contribution in [-0.2, 0) is 4.79 Å². The molecule has 0 aromatic heterocycles. The van der Waals surface area contributed by atoms with Gasteiger partial charge in [-0.1, -0.05) is 11.8 Å². The Hall–Kier alpha value is -2.39. The molecule has 0 atom stereocenters. The number of nitrogens with zero attached hydrogens (tertiary/aromatic N) is 2. The molecule has 19 heavy (non-hydrogen) atoms. The highest BCUT2D eigenvalue weighted by molar-refractivity contribution is 5.95. The average Bonchev–Trinajstić information content (AvgIpc) is 2.53. The third-order valence-corrected chi connectivity index (χ3v) is 2.21. The first-order valence-corrected chi connectivity index (χ1v) is 5.76. The van der Waals surface area contributed by atoms with Gasteiger partial charge in [0.25, 0.3) is 0 Å². The molecule has 0 aromatic rings. The molecular formula is C13H17N5O. The Morgan fingerprint density at radius 2 is 2.32 bits per heavy atom. The molecular weight excluding hydrogens is 242 g/mol. The molecule has 0 radical (unpaired) electrons. The quantitative estimate of drug-likeness (QED) is 0.354. The molecule has 0 amide bonds. The predicted octanol–water partition coefficient (Wildman–Crippen LogP) is -0.663. The summed E-state index contributed by atoms with van der Waals surface area (Å²) in [4.78, 5) is 19.0.